The zero-order chi connectivity index (χ0) is 17.2. The minimum Gasteiger partial charge on any atom is -0.352 e. The van der Waals surface area contributed by atoms with Crippen LogP contribution in [0.1, 0.15) is 25.3 Å². The average molecular weight is 331 g/mol. The molecule has 0 atom stereocenters. The van der Waals surface area contributed by atoms with Gasteiger partial charge in [-0.2, -0.15) is 18.2 Å². The molecule has 9 heteroatoms. The van der Waals surface area contributed by atoms with Crippen LogP contribution in [0, 0.1) is 11.7 Å². The van der Waals surface area contributed by atoms with E-state index in [1.54, 1.807) is 13.8 Å². The van der Waals surface area contributed by atoms with E-state index in [1.165, 1.54) is 12.1 Å². The van der Waals surface area contributed by atoms with Crippen molar-refractivity contribution in [2.45, 2.75) is 26.6 Å². The van der Waals surface area contributed by atoms with Crippen LogP contribution in [0.5, 0.6) is 0 Å². The molecule has 1 amide bonds. The van der Waals surface area contributed by atoms with E-state index in [0.29, 0.717) is 5.56 Å². The van der Waals surface area contributed by atoms with Gasteiger partial charge in [0.2, 0.25) is 11.7 Å². The highest BCUT2D eigenvalue weighted by Gasteiger charge is 2.38. The van der Waals surface area contributed by atoms with Crippen molar-refractivity contribution in [1.29, 1.82) is 0 Å². The van der Waals surface area contributed by atoms with Crippen LogP contribution >= 0.6 is 0 Å². The molecule has 23 heavy (non-hydrogen) atoms. The molecule has 0 unspecified atom stereocenters. The molecule has 0 radical (unpaired) electrons. The molecule has 2 rings (SSSR count). The van der Waals surface area contributed by atoms with E-state index in [4.69, 9.17) is 0 Å². The Labute approximate surface area is 128 Å². The fourth-order valence-electron chi connectivity index (χ4n) is 1.69. The first kappa shape index (κ1) is 16.9. The van der Waals surface area contributed by atoms with Gasteiger partial charge in [-0.3, -0.25) is 4.79 Å². The Bertz CT molecular complexity index is 710. The third kappa shape index (κ3) is 4.05. The van der Waals surface area contributed by atoms with Crippen molar-refractivity contribution in [1.82, 2.24) is 15.5 Å². The number of carbonyl (C=O) groups is 1. The predicted molar refractivity (Wildman–Crippen MR) is 71.4 cm³/mol. The Morgan fingerprint density at radius 2 is 2.04 bits per heavy atom. The van der Waals surface area contributed by atoms with Gasteiger partial charge in [-0.15, -0.1) is 0 Å². The molecule has 1 N–H and O–H groups in total. The molecule has 2 aromatic rings. The van der Waals surface area contributed by atoms with E-state index in [2.05, 4.69) is 20.0 Å². The summed E-state index contributed by atoms with van der Waals surface area (Å²) in [6.45, 7) is 3.54. The summed E-state index contributed by atoms with van der Waals surface area (Å²) in [6.07, 6.45) is -4.79. The van der Waals surface area contributed by atoms with Crippen LogP contribution in [-0.2, 0) is 17.5 Å². The van der Waals surface area contributed by atoms with Gasteiger partial charge in [0.25, 0.3) is 0 Å². The van der Waals surface area contributed by atoms with Crippen molar-refractivity contribution < 1.29 is 26.9 Å². The lowest BCUT2D eigenvalue weighted by atomic mass is 10.1. The number of aromatic nitrogens is 2. The van der Waals surface area contributed by atoms with E-state index in [0.717, 1.165) is 6.07 Å². The van der Waals surface area contributed by atoms with Crippen LogP contribution in [0.4, 0.5) is 17.6 Å². The van der Waals surface area contributed by atoms with Crippen LogP contribution in [0.25, 0.3) is 11.4 Å². The summed E-state index contributed by atoms with van der Waals surface area (Å²) < 4.78 is 55.3. The number of nitrogens with one attached hydrogen (secondary N) is 1. The first-order valence-electron chi connectivity index (χ1n) is 6.66. The topological polar surface area (TPSA) is 68.0 Å². The summed E-state index contributed by atoms with van der Waals surface area (Å²) in [5.74, 6) is -3.25. The van der Waals surface area contributed by atoms with Crippen molar-refractivity contribution in [2.75, 3.05) is 0 Å². The van der Waals surface area contributed by atoms with Crippen LogP contribution in [0.15, 0.2) is 22.7 Å². The quantitative estimate of drug-likeness (QED) is 0.874. The molecular weight excluding hydrogens is 318 g/mol. The molecule has 1 heterocycles. The van der Waals surface area contributed by atoms with Gasteiger partial charge in [0.15, 0.2) is 0 Å². The Kier molecular flexibility index (Phi) is 4.67. The Morgan fingerprint density at radius 3 is 2.57 bits per heavy atom. The predicted octanol–water partition coefficient (Wildman–Crippen LogP) is 3.17. The lowest BCUT2D eigenvalue weighted by Gasteiger charge is -2.08. The van der Waals surface area contributed by atoms with Gasteiger partial charge in [0.05, 0.1) is 5.56 Å². The first-order valence-corrected chi connectivity index (χ1v) is 6.66. The Balaban J connectivity index is 2.16. The largest absolute Gasteiger partial charge is 0.471 e. The summed E-state index contributed by atoms with van der Waals surface area (Å²) in [7, 11) is 0. The van der Waals surface area contributed by atoms with Crippen molar-refractivity contribution in [3.63, 3.8) is 0 Å². The van der Waals surface area contributed by atoms with Crippen molar-refractivity contribution in [3.8, 4) is 11.4 Å². The van der Waals surface area contributed by atoms with Gasteiger partial charge in [-0.1, -0.05) is 25.1 Å². The van der Waals surface area contributed by atoms with Crippen LogP contribution in [-0.4, -0.2) is 16.0 Å². The highest BCUT2D eigenvalue weighted by atomic mass is 19.4. The molecule has 0 fully saturated rings. The van der Waals surface area contributed by atoms with Crippen LogP contribution < -0.4 is 5.32 Å². The maximum absolute atomic E-state index is 14.0. The van der Waals surface area contributed by atoms with E-state index < -0.39 is 23.7 Å². The maximum Gasteiger partial charge on any atom is 0.471 e. The summed E-state index contributed by atoms with van der Waals surface area (Å²) in [6, 6.07) is 3.79. The average Bonchev–Trinajstić information content (AvgIpc) is 2.94. The minimum absolute atomic E-state index is 0.105. The number of hydrogen-bond acceptors (Lipinski definition) is 4. The Hall–Kier alpha value is -2.45. The maximum atomic E-state index is 14.0. The van der Waals surface area contributed by atoms with Gasteiger partial charge in [-0.25, -0.2) is 4.39 Å². The smallest absolute Gasteiger partial charge is 0.352 e. The lowest BCUT2D eigenvalue weighted by Crippen LogP contribution is -2.27. The zero-order valence-electron chi connectivity index (χ0n) is 12.2. The molecular formula is C14H13F4N3O2. The second-order valence-corrected chi connectivity index (χ2v) is 5.11. The number of carbonyl (C=O) groups excluding carboxylic acids is 1. The molecule has 1 aromatic heterocycles. The molecule has 1 aromatic carbocycles. The van der Waals surface area contributed by atoms with Crippen molar-refractivity contribution in [3.05, 3.63) is 35.5 Å². The van der Waals surface area contributed by atoms with Gasteiger partial charge < -0.3 is 9.84 Å². The third-order valence-corrected chi connectivity index (χ3v) is 2.93. The second-order valence-electron chi connectivity index (χ2n) is 5.11. The van der Waals surface area contributed by atoms with E-state index in [1.807, 2.05) is 0 Å². The molecule has 5 nitrogen and oxygen atoms in total. The number of alkyl halides is 3. The summed E-state index contributed by atoms with van der Waals surface area (Å²) in [5, 5.41) is 5.73. The Morgan fingerprint density at radius 1 is 1.35 bits per heavy atom. The van der Waals surface area contributed by atoms with Crippen molar-refractivity contribution in [2.24, 2.45) is 5.92 Å². The summed E-state index contributed by atoms with van der Waals surface area (Å²) >= 11 is 0. The molecule has 124 valence electrons. The number of amides is 1. The molecule has 0 aliphatic rings. The number of hydrogen-bond donors (Lipinski definition) is 1. The molecule has 0 saturated heterocycles. The first-order chi connectivity index (χ1) is 10.7. The van der Waals surface area contributed by atoms with Crippen molar-refractivity contribution >= 4 is 5.91 Å². The van der Waals surface area contributed by atoms with E-state index in [-0.39, 0.29) is 23.9 Å². The molecule has 0 aliphatic heterocycles. The number of nitrogens with zero attached hydrogens (tertiary/aromatic N) is 2. The monoisotopic (exact) mass is 331 g/mol. The lowest BCUT2D eigenvalue weighted by molar-refractivity contribution is -0.159. The fraction of sp³-hybridized carbons (Fsp3) is 0.357. The van der Waals surface area contributed by atoms with Gasteiger partial charge >= 0.3 is 12.1 Å². The zero-order valence-corrected chi connectivity index (χ0v) is 12.2. The van der Waals surface area contributed by atoms with Gasteiger partial charge in [-0.05, 0) is 17.7 Å². The minimum atomic E-state index is -4.79. The van der Waals surface area contributed by atoms with E-state index in [9.17, 15) is 22.4 Å². The molecule has 0 saturated carbocycles. The van der Waals surface area contributed by atoms with Gasteiger partial charge in [0, 0.05) is 12.5 Å². The molecule has 0 spiro atoms. The van der Waals surface area contributed by atoms with Crippen LogP contribution in [0.3, 0.4) is 0 Å². The number of rotatable bonds is 4. The molecule has 0 aliphatic carbocycles. The summed E-state index contributed by atoms with van der Waals surface area (Å²) in [5.41, 5.74) is 0.239. The highest BCUT2D eigenvalue weighted by molar-refractivity contribution is 5.77. The number of benzene rings is 1. The SMILES string of the molecule is CC(C)C(=O)NCc1ccc(-c2noc(C(F)(F)F)n2)c(F)c1. The van der Waals surface area contributed by atoms with E-state index >= 15 is 0 Å². The standard InChI is InChI=1S/C14H13F4N3O2/c1-7(2)12(22)19-6-8-3-4-9(10(15)5-8)11-20-13(23-21-11)14(16,17)18/h3-5,7H,6H2,1-2H3,(H,19,22). The molecule has 0 bridgehead atoms. The fourth-order valence-corrected chi connectivity index (χ4v) is 1.69. The number of halogens is 4. The highest BCUT2D eigenvalue weighted by Crippen LogP contribution is 2.30. The normalized spacial score (nSPS) is 11.8. The summed E-state index contributed by atoms with van der Waals surface area (Å²) in [4.78, 5) is 14.6. The third-order valence-electron chi connectivity index (χ3n) is 2.93. The second kappa shape index (κ2) is 6.35. The van der Waals surface area contributed by atoms with Crippen LogP contribution in [0.2, 0.25) is 0 Å². The van der Waals surface area contributed by atoms with Gasteiger partial charge in [0.1, 0.15) is 5.82 Å².